The van der Waals surface area contributed by atoms with Gasteiger partial charge in [-0.3, -0.25) is 0 Å². The fourth-order valence-electron chi connectivity index (χ4n) is 4.02. The molecule has 2 aromatic carbocycles. The molecule has 0 amide bonds. The minimum Gasteiger partial charge on any atom is -0.0654 e. The highest BCUT2D eigenvalue weighted by atomic mass is 14.3. The molecule has 0 aliphatic heterocycles. The topological polar surface area (TPSA) is 0 Å². The van der Waals surface area contributed by atoms with Gasteiger partial charge in [-0.05, 0) is 85.8 Å². The van der Waals surface area contributed by atoms with E-state index in [2.05, 4.69) is 74.2 Å². The summed E-state index contributed by atoms with van der Waals surface area (Å²) >= 11 is 0. The Bertz CT molecular complexity index is 716. The minimum atomic E-state index is 0.760. The van der Waals surface area contributed by atoms with E-state index in [1.54, 1.807) is 0 Å². The Balaban J connectivity index is 1.59. The number of unbranched alkanes of at least 4 members (excludes halogenated alkanes) is 1. The van der Waals surface area contributed by atoms with E-state index in [4.69, 9.17) is 0 Å². The van der Waals surface area contributed by atoms with E-state index in [1.165, 1.54) is 62.5 Å². The molecule has 136 valence electrons. The second-order valence-corrected chi connectivity index (χ2v) is 7.80. The van der Waals surface area contributed by atoms with E-state index in [-0.39, 0.29) is 0 Å². The summed E-state index contributed by atoms with van der Waals surface area (Å²) in [5, 5.41) is 0. The van der Waals surface area contributed by atoms with E-state index in [9.17, 15) is 0 Å². The van der Waals surface area contributed by atoms with Crippen molar-refractivity contribution in [2.24, 2.45) is 5.92 Å². The SMILES string of the molecule is CCCCc1ccc(C#Cc2ccc(C3CCC(CC)CC3)cc2)cc1. The van der Waals surface area contributed by atoms with E-state index >= 15 is 0 Å². The molecule has 0 aromatic heterocycles. The van der Waals surface area contributed by atoms with Crippen molar-refractivity contribution in [3.05, 3.63) is 70.8 Å². The van der Waals surface area contributed by atoms with Crippen molar-refractivity contribution < 1.29 is 0 Å². The highest BCUT2D eigenvalue weighted by Gasteiger charge is 2.20. The predicted octanol–water partition coefficient (Wildman–Crippen LogP) is 7.11. The molecule has 0 heteroatoms. The zero-order chi connectivity index (χ0) is 18.2. The highest BCUT2D eigenvalue weighted by Crippen LogP contribution is 2.36. The first-order valence-electron chi connectivity index (χ1n) is 10.5. The lowest BCUT2D eigenvalue weighted by molar-refractivity contribution is 0.319. The molecule has 0 unspecified atom stereocenters. The molecule has 0 N–H and O–H groups in total. The Morgan fingerprint density at radius 2 is 1.35 bits per heavy atom. The van der Waals surface area contributed by atoms with Gasteiger partial charge in [0.15, 0.2) is 0 Å². The maximum Gasteiger partial charge on any atom is 0.0249 e. The molecule has 0 saturated heterocycles. The highest BCUT2D eigenvalue weighted by molar-refractivity contribution is 5.44. The standard InChI is InChI=1S/C26H32/c1-3-5-6-22-7-9-23(10-8-22)11-12-24-15-19-26(20-16-24)25-17-13-21(4-2)14-18-25/h7-10,15-16,19-21,25H,3-6,13-14,17-18H2,1-2H3. The van der Waals surface area contributed by atoms with Crippen LogP contribution in [0.15, 0.2) is 48.5 Å². The predicted molar refractivity (Wildman–Crippen MR) is 112 cm³/mol. The number of hydrogen-bond donors (Lipinski definition) is 0. The monoisotopic (exact) mass is 344 g/mol. The van der Waals surface area contributed by atoms with E-state index in [0.717, 1.165) is 23.0 Å². The average Bonchev–Trinajstić information content (AvgIpc) is 2.72. The molecule has 1 saturated carbocycles. The summed E-state index contributed by atoms with van der Waals surface area (Å²) in [5.41, 5.74) is 5.14. The van der Waals surface area contributed by atoms with E-state index < -0.39 is 0 Å². The maximum absolute atomic E-state index is 3.32. The summed E-state index contributed by atoms with van der Waals surface area (Å²) in [6, 6.07) is 17.7. The molecule has 0 atom stereocenters. The molecule has 3 rings (SSSR count). The van der Waals surface area contributed by atoms with Crippen molar-refractivity contribution in [1.82, 2.24) is 0 Å². The van der Waals surface area contributed by atoms with Gasteiger partial charge in [0, 0.05) is 11.1 Å². The summed E-state index contributed by atoms with van der Waals surface area (Å²) in [5.74, 6) is 8.35. The third kappa shape index (κ3) is 5.25. The van der Waals surface area contributed by atoms with Gasteiger partial charge in [0.2, 0.25) is 0 Å². The van der Waals surface area contributed by atoms with E-state index in [0.29, 0.717) is 0 Å². The summed E-state index contributed by atoms with van der Waals surface area (Å²) in [7, 11) is 0. The third-order valence-corrected chi connectivity index (χ3v) is 5.93. The van der Waals surface area contributed by atoms with Gasteiger partial charge in [-0.15, -0.1) is 0 Å². The molecule has 26 heavy (non-hydrogen) atoms. The smallest absolute Gasteiger partial charge is 0.0249 e. The molecule has 1 fully saturated rings. The maximum atomic E-state index is 3.32. The molecule has 1 aliphatic rings. The first-order chi connectivity index (χ1) is 12.8. The molecule has 2 aromatic rings. The van der Waals surface area contributed by atoms with Gasteiger partial charge in [0.05, 0.1) is 0 Å². The fraction of sp³-hybridized carbons (Fsp3) is 0.462. The lowest BCUT2D eigenvalue weighted by Crippen LogP contribution is -2.12. The Hall–Kier alpha value is -2.00. The number of benzene rings is 2. The second-order valence-electron chi connectivity index (χ2n) is 7.80. The first-order valence-corrected chi connectivity index (χ1v) is 10.5. The van der Waals surface area contributed by atoms with Crippen LogP contribution in [0.2, 0.25) is 0 Å². The summed E-state index contributed by atoms with van der Waals surface area (Å²) < 4.78 is 0. The van der Waals surface area contributed by atoms with Gasteiger partial charge < -0.3 is 0 Å². The van der Waals surface area contributed by atoms with Gasteiger partial charge >= 0.3 is 0 Å². The Labute approximate surface area is 160 Å². The van der Waals surface area contributed by atoms with Crippen molar-refractivity contribution in [2.75, 3.05) is 0 Å². The molecule has 0 heterocycles. The fourth-order valence-corrected chi connectivity index (χ4v) is 4.02. The molecular weight excluding hydrogens is 312 g/mol. The Morgan fingerprint density at radius 1 is 0.769 bits per heavy atom. The van der Waals surface area contributed by atoms with Crippen LogP contribution >= 0.6 is 0 Å². The van der Waals surface area contributed by atoms with Gasteiger partial charge in [-0.1, -0.05) is 62.8 Å². The molecule has 1 aliphatic carbocycles. The third-order valence-electron chi connectivity index (χ3n) is 5.93. The van der Waals surface area contributed by atoms with Gasteiger partial charge in [-0.25, -0.2) is 0 Å². The number of aryl methyl sites for hydroxylation is 1. The number of rotatable bonds is 5. The lowest BCUT2D eigenvalue weighted by atomic mass is 9.78. The molecule has 0 spiro atoms. The van der Waals surface area contributed by atoms with Crippen molar-refractivity contribution in [3.63, 3.8) is 0 Å². The van der Waals surface area contributed by atoms with Crippen molar-refractivity contribution >= 4 is 0 Å². The summed E-state index contributed by atoms with van der Waals surface area (Å²) in [4.78, 5) is 0. The molecule has 0 radical (unpaired) electrons. The Kier molecular flexibility index (Phi) is 6.96. The zero-order valence-electron chi connectivity index (χ0n) is 16.4. The van der Waals surface area contributed by atoms with Crippen molar-refractivity contribution in [1.29, 1.82) is 0 Å². The van der Waals surface area contributed by atoms with Gasteiger partial charge in [0.25, 0.3) is 0 Å². The molecule has 0 nitrogen and oxygen atoms in total. The second kappa shape index (κ2) is 9.63. The van der Waals surface area contributed by atoms with Gasteiger partial charge in [-0.2, -0.15) is 0 Å². The van der Waals surface area contributed by atoms with Crippen LogP contribution in [0.25, 0.3) is 0 Å². The van der Waals surface area contributed by atoms with Crippen LogP contribution < -0.4 is 0 Å². The first kappa shape index (κ1) is 18.8. The van der Waals surface area contributed by atoms with Crippen LogP contribution in [0.3, 0.4) is 0 Å². The lowest BCUT2D eigenvalue weighted by Gasteiger charge is -2.28. The number of hydrogen-bond acceptors (Lipinski definition) is 0. The summed E-state index contributed by atoms with van der Waals surface area (Å²) in [6.07, 6.45) is 10.5. The average molecular weight is 345 g/mol. The van der Waals surface area contributed by atoms with Crippen LogP contribution in [0.5, 0.6) is 0 Å². The summed E-state index contributed by atoms with van der Waals surface area (Å²) in [6.45, 7) is 4.57. The van der Waals surface area contributed by atoms with Crippen molar-refractivity contribution in [2.45, 2.75) is 71.1 Å². The quantitative estimate of drug-likeness (QED) is 0.507. The minimum absolute atomic E-state index is 0.760. The van der Waals surface area contributed by atoms with Crippen LogP contribution in [0, 0.1) is 17.8 Å². The normalized spacial score (nSPS) is 19.6. The Morgan fingerprint density at radius 3 is 1.88 bits per heavy atom. The molecular formula is C26H32. The van der Waals surface area contributed by atoms with Crippen molar-refractivity contribution in [3.8, 4) is 11.8 Å². The van der Waals surface area contributed by atoms with Crippen LogP contribution in [0.1, 0.15) is 87.0 Å². The molecule has 0 bridgehead atoms. The van der Waals surface area contributed by atoms with Crippen LogP contribution in [0.4, 0.5) is 0 Å². The zero-order valence-corrected chi connectivity index (χ0v) is 16.4. The van der Waals surface area contributed by atoms with Crippen LogP contribution in [-0.4, -0.2) is 0 Å². The van der Waals surface area contributed by atoms with Crippen LogP contribution in [-0.2, 0) is 6.42 Å². The largest absolute Gasteiger partial charge is 0.0654 e. The van der Waals surface area contributed by atoms with Gasteiger partial charge in [0.1, 0.15) is 0 Å². The van der Waals surface area contributed by atoms with E-state index in [1.807, 2.05) is 0 Å².